The Morgan fingerprint density at radius 3 is 2.72 bits per heavy atom. The van der Waals surface area contributed by atoms with E-state index in [0.29, 0.717) is 5.56 Å². The molecule has 0 radical (unpaired) electrons. The van der Waals surface area contributed by atoms with E-state index in [1.807, 2.05) is 6.92 Å². The second-order valence-electron chi connectivity index (χ2n) is 5.01. The van der Waals surface area contributed by atoms with Crippen LogP contribution in [-0.4, -0.2) is 11.9 Å². The van der Waals surface area contributed by atoms with E-state index < -0.39 is 11.9 Å². The lowest BCUT2D eigenvalue weighted by atomic mass is 10.0. The Kier molecular flexibility index (Phi) is 3.97. The Balaban J connectivity index is 2.23. The first kappa shape index (κ1) is 13.0. The zero-order valence-corrected chi connectivity index (χ0v) is 10.6. The van der Waals surface area contributed by atoms with Gasteiger partial charge in [0.15, 0.2) is 0 Å². The molecule has 0 saturated heterocycles. The molecular formula is C14H19FN2O. The molecule has 0 heterocycles. The van der Waals surface area contributed by atoms with Gasteiger partial charge >= 0.3 is 0 Å². The van der Waals surface area contributed by atoms with Gasteiger partial charge in [0, 0.05) is 11.6 Å². The summed E-state index contributed by atoms with van der Waals surface area (Å²) in [6.07, 6.45) is 4.35. The topological polar surface area (TPSA) is 55.1 Å². The fourth-order valence-electron chi connectivity index (χ4n) is 2.54. The van der Waals surface area contributed by atoms with Crippen molar-refractivity contribution in [3.8, 4) is 0 Å². The van der Waals surface area contributed by atoms with Crippen LogP contribution in [0.5, 0.6) is 0 Å². The molecule has 1 aromatic carbocycles. The lowest BCUT2D eigenvalue weighted by Gasteiger charge is -2.21. The van der Waals surface area contributed by atoms with E-state index in [1.54, 1.807) is 12.1 Å². The zero-order valence-electron chi connectivity index (χ0n) is 10.6. The van der Waals surface area contributed by atoms with E-state index in [-0.39, 0.29) is 11.9 Å². The monoisotopic (exact) mass is 250 g/mol. The van der Waals surface area contributed by atoms with Gasteiger partial charge in [0.2, 0.25) is 5.91 Å². The van der Waals surface area contributed by atoms with Crippen LogP contribution in [0.3, 0.4) is 0 Å². The Bertz CT molecular complexity index is 441. The van der Waals surface area contributed by atoms with E-state index in [0.717, 1.165) is 31.2 Å². The second-order valence-corrected chi connectivity index (χ2v) is 5.01. The lowest BCUT2D eigenvalue weighted by molar-refractivity contribution is -0.120. The number of nitrogens with one attached hydrogen (secondary N) is 1. The predicted octanol–water partition coefficient (Wildman–Crippen LogP) is 2.19. The highest BCUT2D eigenvalue weighted by Crippen LogP contribution is 2.24. The highest BCUT2D eigenvalue weighted by Gasteiger charge is 2.26. The summed E-state index contributed by atoms with van der Waals surface area (Å²) in [4.78, 5) is 11.5. The van der Waals surface area contributed by atoms with Crippen LogP contribution >= 0.6 is 0 Å². The number of hydrogen-bond acceptors (Lipinski definition) is 2. The number of carbonyl (C=O) groups excluding carboxylic acids is 1. The van der Waals surface area contributed by atoms with E-state index in [2.05, 4.69) is 5.32 Å². The fraction of sp³-hybridized carbons (Fsp3) is 0.500. The van der Waals surface area contributed by atoms with Crippen LogP contribution in [-0.2, 0) is 4.79 Å². The van der Waals surface area contributed by atoms with Crippen molar-refractivity contribution < 1.29 is 9.18 Å². The van der Waals surface area contributed by atoms with Crippen molar-refractivity contribution in [2.75, 3.05) is 0 Å². The number of hydrogen-bond donors (Lipinski definition) is 2. The normalized spacial score (nSPS) is 17.9. The maximum atomic E-state index is 13.8. The molecule has 0 aromatic heterocycles. The van der Waals surface area contributed by atoms with Crippen LogP contribution in [0.1, 0.15) is 42.9 Å². The number of primary amides is 1. The van der Waals surface area contributed by atoms with Crippen molar-refractivity contribution in [1.29, 1.82) is 0 Å². The third-order valence-corrected chi connectivity index (χ3v) is 3.50. The van der Waals surface area contributed by atoms with Gasteiger partial charge in [-0.25, -0.2) is 4.39 Å². The highest BCUT2D eigenvalue weighted by atomic mass is 19.1. The Morgan fingerprint density at radius 2 is 2.11 bits per heavy atom. The van der Waals surface area contributed by atoms with Crippen LogP contribution in [0.25, 0.3) is 0 Å². The largest absolute Gasteiger partial charge is 0.368 e. The molecule has 3 nitrogen and oxygen atoms in total. The number of halogens is 1. The summed E-state index contributed by atoms with van der Waals surface area (Å²) in [6, 6.07) is 4.30. The summed E-state index contributed by atoms with van der Waals surface area (Å²) in [5, 5.41) is 3.19. The van der Waals surface area contributed by atoms with Crippen molar-refractivity contribution in [2.45, 2.75) is 44.7 Å². The first-order chi connectivity index (χ1) is 8.58. The molecule has 3 N–H and O–H groups in total. The molecule has 1 fully saturated rings. The van der Waals surface area contributed by atoms with Crippen LogP contribution in [0.2, 0.25) is 0 Å². The third-order valence-electron chi connectivity index (χ3n) is 3.50. The molecule has 1 unspecified atom stereocenters. The molecule has 4 heteroatoms. The lowest BCUT2D eigenvalue weighted by Crippen LogP contribution is -2.39. The van der Waals surface area contributed by atoms with Gasteiger partial charge in [-0.05, 0) is 25.8 Å². The maximum absolute atomic E-state index is 13.8. The van der Waals surface area contributed by atoms with Gasteiger partial charge < -0.3 is 5.73 Å². The first-order valence-corrected chi connectivity index (χ1v) is 6.39. The minimum absolute atomic E-state index is 0.266. The molecule has 1 aliphatic rings. The number of carbonyl (C=O) groups is 1. The number of rotatable bonds is 4. The van der Waals surface area contributed by atoms with Crippen LogP contribution in [0.15, 0.2) is 18.2 Å². The Morgan fingerprint density at radius 1 is 1.44 bits per heavy atom. The van der Waals surface area contributed by atoms with Crippen LogP contribution < -0.4 is 11.1 Å². The van der Waals surface area contributed by atoms with Gasteiger partial charge in [0.25, 0.3) is 0 Å². The molecule has 1 amide bonds. The van der Waals surface area contributed by atoms with Crippen molar-refractivity contribution >= 4 is 5.91 Å². The molecule has 0 spiro atoms. The van der Waals surface area contributed by atoms with Gasteiger partial charge in [0.1, 0.15) is 11.9 Å². The molecular weight excluding hydrogens is 231 g/mol. The summed E-state index contributed by atoms with van der Waals surface area (Å²) in [7, 11) is 0. The smallest absolute Gasteiger partial charge is 0.239 e. The molecule has 1 atom stereocenters. The van der Waals surface area contributed by atoms with Gasteiger partial charge in [-0.2, -0.15) is 0 Å². The van der Waals surface area contributed by atoms with Gasteiger partial charge in [-0.1, -0.05) is 30.5 Å². The van der Waals surface area contributed by atoms with Gasteiger partial charge in [-0.3, -0.25) is 10.1 Å². The van der Waals surface area contributed by atoms with Crippen molar-refractivity contribution in [2.24, 2.45) is 5.73 Å². The standard InChI is InChI=1S/C14H19FN2O/c1-9-6-7-12(15)11(8-9)13(14(16)18)17-10-4-2-3-5-10/h6-8,10,13,17H,2-5H2,1H3,(H2,16,18). The summed E-state index contributed by atoms with van der Waals surface area (Å²) in [6.45, 7) is 1.87. The second kappa shape index (κ2) is 5.48. The van der Waals surface area contributed by atoms with Crippen molar-refractivity contribution in [3.05, 3.63) is 35.1 Å². The van der Waals surface area contributed by atoms with Gasteiger partial charge in [0.05, 0.1) is 0 Å². The summed E-state index contributed by atoms with van der Waals surface area (Å²) in [5.41, 5.74) is 6.68. The number of aryl methyl sites for hydroxylation is 1. The molecule has 1 aromatic rings. The number of benzene rings is 1. The average Bonchev–Trinajstić information content (AvgIpc) is 2.82. The predicted molar refractivity (Wildman–Crippen MR) is 68.5 cm³/mol. The highest BCUT2D eigenvalue weighted by molar-refractivity contribution is 5.81. The average molecular weight is 250 g/mol. The Hall–Kier alpha value is -1.42. The zero-order chi connectivity index (χ0) is 13.1. The molecule has 98 valence electrons. The summed E-state index contributed by atoms with van der Waals surface area (Å²) >= 11 is 0. The first-order valence-electron chi connectivity index (χ1n) is 6.39. The minimum Gasteiger partial charge on any atom is -0.368 e. The van der Waals surface area contributed by atoms with E-state index in [9.17, 15) is 9.18 Å². The van der Waals surface area contributed by atoms with Crippen molar-refractivity contribution in [3.63, 3.8) is 0 Å². The van der Waals surface area contributed by atoms with Crippen LogP contribution in [0, 0.1) is 12.7 Å². The quantitative estimate of drug-likeness (QED) is 0.860. The number of nitrogens with two attached hydrogens (primary N) is 1. The maximum Gasteiger partial charge on any atom is 0.239 e. The van der Waals surface area contributed by atoms with Crippen molar-refractivity contribution in [1.82, 2.24) is 5.32 Å². The van der Waals surface area contributed by atoms with E-state index >= 15 is 0 Å². The molecule has 18 heavy (non-hydrogen) atoms. The van der Waals surface area contributed by atoms with E-state index in [4.69, 9.17) is 5.73 Å². The third kappa shape index (κ3) is 2.88. The fourth-order valence-corrected chi connectivity index (χ4v) is 2.54. The molecule has 1 saturated carbocycles. The number of amides is 1. The molecule has 0 bridgehead atoms. The Labute approximate surface area is 107 Å². The summed E-state index contributed by atoms with van der Waals surface area (Å²) in [5.74, 6) is -0.902. The molecule has 1 aliphatic carbocycles. The SMILES string of the molecule is Cc1ccc(F)c(C(NC2CCCC2)C(N)=O)c1. The molecule has 2 rings (SSSR count). The minimum atomic E-state index is -0.729. The van der Waals surface area contributed by atoms with Crippen LogP contribution in [0.4, 0.5) is 4.39 Å². The van der Waals surface area contributed by atoms with E-state index in [1.165, 1.54) is 6.07 Å². The molecule has 0 aliphatic heterocycles. The van der Waals surface area contributed by atoms with Gasteiger partial charge in [-0.15, -0.1) is 0 Å². The summed E-state index contributed by atoms with van der Waals surface area (Å²) < 4.78 is 13.8.